The third-order valence-electron chi connectivity index (χ3n) is 3.40. The normalized spacial score (nSPS) is 12.5. The monoisotopic (exact) mass is 317 g/mol. The first-order valence-electron chi connectivity index (χ1n) is 6.95. The lowest BCUT2D eigenvalue weighted by molar-refractivity contribution is 0.105. The van der Waals surface area contributed by atoms with Gasteiger partial charge in [-0.3, -0.25) is 0 Å². The number of benzene rings is 1. The van der Waals surface area contributed by atoms with Crippen molar-refractivity contribution in [3.8, 4) is 11.3 Å². The first kappa shape index (κ1) is 14.8. The van der Waals surface area contributed by atoms with Crippen molar-refractivity contribution >= 4 is 28.3 Å². The molecule has 3 aromatic rings. The van der Waals surface area contributed by atoms with E-state index in [0.29, 0.717) is 5.15 Å². The first-order chi connectivity index (χ1) is 10.7. The molecule has 0 aliphatic carbocycles. The number of H-pyrrole nitrogens is 1. The summed E-state index contributed by atoms with van der Waals surface area (Å²) in [6.07, 6.45) is -0.795. The van der Waals surface area contributed by atoms with Gasteiger partial charge in [-0.1, -0.05) is 29.8 Å². The van der Waals surface area contributed by atoms with Gasteiger partial charge < -0.3 is 20.5 Å². The number of aliphatic hydroxyl groups excluding tert-OH is 2. The van der Waals surface area contributed by atoms with Crippen LogP contribution in [0.4, 0.5) is 5.69 Å². The largest absolute Gasteiger partial charge is 0.394 e. The fourth-order valence-electron chi connectivity index (χ4n) is 2.29. The number of hydrogen-bond donors (Lipinski definition) is 4. The molecule has 22 heavy (non-hydrogen) atoms. The number of pyridine rings is 1. The van der Waals surface area contributed by atoms with Gasteiger partial charge in [0.25, 0.3) is 0 Å². The van der Waals surface area contributed by atoms with E-state index in [4.69, 9.17) is 16.7 Å². The molecule has 0 fully saturated rings. The van der Waals surface area contributed by atoms with E-state index >= 15 is 0 Å². The van der Waals surface area contributed by atoms with Crippen molar-refractivity contribution in [3.63, 3.8) is 0 Å². The Balaban J connectivity index is 1.95. The topological polar surface area (TPSA) is 81.2 Å². The van der Waals surface area contributed by atoms with Gasteiger partial charge in [0.1, 0.15) is 5.15 Å². The zero-order valence-electron chi connectivity index (χ0n) is 11.8. The lowest BCUT2D eigenvalue weighted by Gasteiger charge is -2.13. The molecular weight excluding hydrogens is 302 g/mol. The van der Waals surface area contributed by atoms with Crippen molar-refractivity contribution in [1.82, 2.24) is 9.97 Å². The van der Waals surface area contributed by atoms with E-state index in [1.165, 1.54) is 0 Å². The van der Waals surface area contributed by atoms with E-state index in [0.717, 1.165) is 28.0 Å². The first-order valence-corrected chi connectivity index (χ1v) is 7.32. The number of fused-ring (bicyclic) bond motifs is 1. The molecule has 6 heteroatoms. The van der Waals surface area contributed by atoms with Gasteiger partial charge >= 0.3 is 0 Å². The maximum atomic E-state index is 9.48. The standard InChI is InChI=1S/C16H16ClN3O2/c17-16-6-5-13-15(20-16)7-14(19-13)11-3-1-2-4-12(11)18-8-10(22)9-21/h1-7,10,18-19,21-22H,8-9H2. The van der Waals surface area contributed by atoms with Crippen LogP contribution in [0.5, 0.6) is 0 Å². The van der Waals surface area contributed by atoms with E-state index in [9.17, 15) is 5.11 Å². The molecule has 2 aromatic heterocycles. The van der Waals surface area contributed by atoms with E-state index in [-0.39, 0.29) is 13.2 Å². The van der Waals surface area contributed by atoms with Crippen LogP contribution in [0.3, 0.4) is 0 Å². The summed E-state index contributed by atoms with van der Waals surface area (Å²) in [7, 11) is 0. The average molecular weight is 318 g/mol. The third-order valence-corrected chi connectivity index (χ3v) is 3.61. The Morgan fingerprint density at radius 2 is 2.05 bits per heavy atom. The van der Waals surface area contributed by atoms with Crippen molar-refractivity contribution in [2.24, 2.45) is 0 Å². The minimum atomic E-state index is -0.795. The van der Waals surface area contributed by atoms with Gasteiger partial charge in [0.2, 0.25) is 0 Å². The summed E-state index contributed by atoms with van der Waals surface area (Å²) >= 11 is 5.92. The maximum absolute atomic E-state index is 9.48. The number of aromatic amines is 1. The van der Waals surface area contributed by atoms with Crippen LogP contribution >= 0.6 is 11.6 Å². The van der Waals surface area contributed by atoms with E-state index < -0.39 is 6.10 Å². The van der Waals surface area contributed by atoms with Crippen molar-refractivity contribution in [1.29, 1.82) is 0 Å². The predicted octanol–water partition coefficient (Wildman–Crippen LogP) is 2.65. The lowest BCUT2D eigenvalue weighted by Crippen LogP contribution is -2.23. The number of para-hydroxylation sites is 1. The second-order valence-electron chi connectivity index (χ2n) is 5.01. The molecule has 0 amide bonds. The van der Waals surface area contributed by atoms with Gasteiger partial charge in [0.15, 0.2) is 0 Å². The second-order valence-corrected chi connectivity index (χ2v) is 5.40. The highest BCUT2D eigenvalue weighted by Gasteiger charge is 2.10. The minimum absolute atomic E-state index is 0.274. The number of aliphatic hydroxyl groups is 2. The van der Waals surface area contributed by atoms with Gasteiger partial charge in [0, 0.05) is 17.8 Å². The van der Waals surface area contributed by atoms with E-state index in [1.54, 1.807) is 6.07 Å². The molecule has 1 atom stereocenters. The number of aromatic nitrogens is 2. The Bertz CT molecular complexity index is 788. The van der Waals surface area contributed by atoms with Crippen molar-refractivity contribution < 1.29 is 10.2 Å². The van der Waals surface area contributed by atoms with Crippen LogP contribution < -0.4 is 5.32 Å². The van der Waals surface area contributed by atoms with Crippen LogP contribution in [-0.2, 0) is 0 Å². The molecule has 0 spiro atoms. The predicted molar refractivity (Wildman–Crippen MR) is 88.1 cm³/mol. The molecule has 0 bridgehead atoms. The number of rotatable bonds is 5. The van der Waals surface area contributed by atoms with Gasteiger partial charge in [0.05, 0.1) is 29.4 Å². The zero-order chi connectivity index (χ0) is 15.5. The summed E-state index contributed by atoms with van der Waals surface area (Å²) in [4.78, 5) is 7.59. The van der Waals surface area contributed by atoms with E-state index in [2.05, 4.69) is 15.3 Å². The molecule has 1 unspecified atom stereocenters. The molecule has 0 aliphatic rings. The molecule has 0 radical (unpaired) electrons. The molecule has 3 rings (SSSR count). The SMILES string of the molecule is OCC(O)CNc1ccccc1-c1cc2nc(Cl)ccc2[nH]1. The number of nitrogens with zero attached hydrogens (tertiary/aromatic N) is 1. The van der Waals surface area contributed by atoms with Gasteiger partial charge in [-0.15, -0.1) is 0 Å². The average Bonchev–Trinajstić information content (AvgIpc) is 2.95. The Labute approximate surface area is 132 Å². The highest BCUT2D eigenvalue weighted by molar-refractivity contribution is 6.29. The molecule has 114 valence electrons. The Morgan fingerprint density at radius 3 is 2.86 bits per heavy atom. The fourth-order valence-corrected chi connectivity index (χ4v) is 2.45. The zero-order valence-corrected chi connectivity index (χ0v) is 12.5. The Morgan fingerprint density at radius 1 is 1.23 bits per heavy atom. The molecule has 2 heterocycles. The van der Waals surface area contributed by atoms with Gasteiger partial charge in [-0.25, -0.2) is 4.98 Å². The molecule has 0 saturated carbocycles. The number of halogens is 1. The third kappa shape index (κ3) is 3.06. The summed E-state index contributed by atoms with van der Waals surface area (Å²) in [5.74, 6) is 0. The summed E-state index contributed by atoms with van der Waals surface area (Å²) in [5.41, 5.74) is 4.44. The molecular formula is C16H16ClN3O2. The maximum Gasteiger partial charge on any atom is 0.129 e. The van der Waals surface area contributed by atoms with E-state index in [1.807, 2.05) is 36.4 Å². The number of nitrogens with one attached hydrogen (secondary N) is 2. The lowest BCUT2D eigenvalue weighted by atomic mass is 10.1. The summed E-state index contributed by atoms with van der Waals surface area (Å²) in [5, 5.41) is 22.0. The van der Waals surface area contributed by atoms with Crippen molar-refractivity contribution in [3.05, 3.63) is 47.6 Å². The van der Waals surface area contributed by atoms with Crippen LogP contribution in [0.25, 0.3) is 22.3 Å². The highest BCUT2D eigenvalue weighted by atomic mass is 35.5. The van der Waals surface area contributed by atoms with Gasteiger partial charge in [-0.05, 0) is 24.3 Å². The van der Waals surface area contributed by atoms with Crippen LogP contribution in [0.2, 0.25) is 5.15 Å². The Kier molecular flexibility index (Phi) is 4.29. The van der Waals surface area contributed by atoms with Crippen LogP contribution in [0.1, 0.15) is 0 Å². The van der Waals surface area contributed by atoms with Crippen LogP contribution in [-0.4, -0.2) is 39.4 Å². The van der Waals surface area contributed by atoms with Crippen LogP contribution in [0, 0.1) is 0 Å². The highest BCUT2D eigenvalue weighted by Crippen LogP contribution is 2.29. The second kappa shape index (κ2) is 6.36. The quantitative estimate of drug-likeness (QED) is 0.545. The molecule has 1 aromatic carbocycles. The number of hydrogen-bond acceptors (Lipinski definition) is 4. The smallest absolute Gasteiger partial charge is 0.129 e. The van der Waals surface area contributed by atoms with Crippen molar-refractivity contribution in [2.75, 3.05) is 18.5 Å². The Hall–Kier alpha value is -2.08. The summed E-state index contributed by atoms with van der Waals surface area (Å²) in [6.45, 7) is 0.00178. The molecule has 5 nitrogen and oxygen atoms in total. The summed E-state index contributed by atoms with van der Waals surface area (Å²) < 4.78 is 0. The minimum Gasteiger partial charge on any atom is -0.394 e. The van der Waals surface area contributed by atoms with Crippen molar-refractivity contribution in [2.45, 2.75) is 6.10 Å². The van der Waals surface area contributed by atoms with Gasteiger partial charge in [-0.2, -0.15) is 0 Å². The molecule has 0 saturated heterocycles. The molecule has 0 aliphatic heterocycles. The van der Waals surface area contributed by atoms with Crippen LogP contribution in [0.15, 0.2) is 42.5 Å². The summed E-state index contributed by atoms with van der Waals surface area (Å²) in [6, 6.07) is 13.3. The number of anilines is 1. The molecule has 4 N–H and O–H groups in total. The fraction of sp³-hybridized carbons (Fsp3) is 0.188.